The van der Waals surface area contributed by atoms with Crippen LogP contribution in [0.25, 0.3) is 0 Å². The van der Waals surface area contributed by atoms with Crippen LogP contribution in [-0.4, -0.2) is 32.3 Å². The normalized spacial score (nSPS) is 16.2. The molecule has 3 heterocycles. The van der Waals surface area contributed by atoms with E-state index in [-0.39, 0.29) is 12.0 Å². The van der Waals surface area contributed by atoms with Crippen LogP contribution >= 0.6 is 0 Å². The van der Waals surface area contributed by atoms with Crippen LogP contribution in [-0.2, 0) is 9.53 Å². The lowest BCUT2D eigenvalue weighted by Crippen LogP contribution is -2.29. The average Bonchev–Trinajstić information content (AvgIpc) is 3.11. The summed E-state index contributed by atoms with van der Waals surface area (Å²) in [6.45, 7) is 4.49. The first-order valence-corrected chi connectivity index (χ1v) is 9.16. The van der Waals surface area contributed by atoms with E-state index in [1.807, 2.05) is 19.1 Å². The van der Waals surface area contributed by atoms with Gasteiger partial charge in [-0.25, -0.2) is 9.48 Å². The number of hydrogen-bond acceptors (Lipinski definition) is 6. The number of anilines is 1. The van der Waals surface area contributed by atoms with E-state index in [1.54, 1.807) is 17.1 Å². The zero-order valence-corrected chi connectivity index (χ0v) is 15.3. The van der Waals surface area contributed by atoms with Crippen LogP contribution in [0, 0.1) is 0 Å². The fourth-order valence-electron chi connectivity index (χ4n) is 3.16. The summed E-state index contributed by atoms with van der Waals surface area (Å²) in [4.78, 5) is 21.1. The molecule has 138 valence electrons. The van der Waals surface area contributed by atoms with Gasteiger partial charge in [-0.1, -0.05) is 32.6 Å². The van der Waals surface area contributed by atoms with E-state index in [1.165, 1.54) is 25.6 Å². The maximum atomic E-state index is 12.8. The van der Waals surface area contributed by atoms with E-state index in [2.05, 4.69) is 27.3 Å². The Balaban J connectivity index is 1.76. The first kappa shape index (κ1) is 18.1. The Hall–Kier alpha value is -2.70. The summed E-state index contributed by atoms with van der Waals surface area (Å²) in [7, 11) is 0. The number of ether oxygens (including phenoxy) is 1. The molecule has 0 radical (unpaired) electrons. The molecule has 2 aromatic heterocycles. The first-order chi connectivity index (χ1) is 12.7. The molecular formula is C19H25N5O2. The Bertz CT molecular complexity index is 769. The molecule has 0 amide bonds. The van der Waals surface area contributed by atoms with Gasteiger partial charge in [0.2, 0.25) is 5.95 Å². The van der Waals surface area contributed by atoms with Gasteiger partial charge in [-0.2, -0.15) is 10.1 Å². The summed E-state index contributed by atoms with van der Waals surface area (Å²) >= 11 is 0. The molecule has 26 heavy (non-hydrogen) atoms. The van der Waals surface area contributed by atoms with Crippen LogP contribution < -0.4 is 5.32 Å². The van der Waals surface area contributed by atoms with Gasteiger partial charge in [0.05, 0.1) is 12.2 Å². The maximum Gasteiger partial charge on any atom is 0.338 e. The fraction of sp³-hybridized carbons (Fsp3) is 0.474. The van der Waals surface area contributed by atoms with Gasteiger partial charge in [0.25, 0.3) is 0 Å². The number of allylic oxidation sites excluding steroid dienone is 1. The van der Waals surface area contributed by atoms with E-state index in [0.29, 0.717) is 18.1 Å². The highest BCUT2D eigenvalue weighted by Crippen LogP contribution is 2.34. The van der Waals surface area contributed by atoms with Gasteiger partial charge in [0.15, 0.2) is 0 Å². The predicted molar refractivity (Wildman–Crippen MR) is 98.4 cm³/mol. The number of nitrogens with one attached hydrogen (secondary N) is 1. The van der Waals surface area contributed by atoms with Crippen LogP contribution in [0.3, 0.4) is 0 Å². The van der Waals surface area contributed by atoms with Crippen molar-refractivity contribution in [3.05, 3.63) is 47.7 Å². The van der Waals surface area contributed by atoms with E-state index in [9.17, 15) is 4.79 Å². The lowest BCUT2D eigenvalue weighted by molar-refractivity contribution is -0.139. The number of nitrogens with zero attached hydrogens (tertiary/aromatic N) is 4. The molecular weight excluding hydrogens is 330 g/mol. The molecule has 3 rings (SSSR count). The topological polar surface area (TPSA) is 81.9 Å². The second-order valence-corrected chi connectivity index (χ2v) is 6.43. The van der Waals surface area contributed by atoms with Gasteiger partial charge in [0, 0.05) is 18.1 Å². The molecule has 1 aliphatic rings. The molecule has 0 spiro atoms. The number of hydrogen-bond donors (Lipinski definition) is 1. The first-order valence-electron chi connectivity index (χ1n) is 9.16. The van der Waals surface area contributed by atoms with Crippen molar-refractivity contribution in [3.8, 4) is 0 Å². The van der Waals surface area contributed by atoms with E-state index in [4.69, 9.17) is 4.74 Å². The van der Waals surface area contributed by atoms with Gasteiger partial charge < -0.3 is 10.1 Å². The third-order valence-corrected chi connectivity index (χ3v) is 4.52. The summed E-state index contributed by atoms with van der Waals surface area (Å²) in [5.41, 5.74) is 2.22. The Morgan fingerprint density at radius 2 is 2.00 bits per heavy atom. The van der Waals surface area contributed by atoms with Crippen molar-refractivity contribution in [1.29, 1.82) is 0 Å². The standard InChI is InChI=1S/C19H25N5O2/c1-3-4-5-6-7-12-26-18(25)16-14(2)23-19-21-13-22-24(19)17(16)15-8-10-20-11-9-15/h8-11,13,17H,3-7,12H2,1-2H3,(H,21,22,23)/t17-/m1/s1. The predicted octanol–water partition coefficient (Wildman–Crippen LogP) is 3.48. The minimum absolute atomic E-state index is 0.312. The monoisotopic (exact) mass is 355 g/mol. The smallest absolute Gasteiger partial charge is 0.338 e. The number of carbonyl (C=O) groups is 1. The zero-order valence-electron chi connectivity index (χ0n) is 15.3. The Morgan fingerprint density at radius 1 is 1.23 bits per heavy atom. The molecule has 0 bridgehead atoms. The lowest BCUT2D eigenvalue weighted by Gasteiger charge is -2.28. The van der Waals surface area contributed by atoms with Crippen LogP contribution in [0.15, 0.2) is 42.1 Å². The number of aromatic nitrogens is 4. The van der Waals surface area contributed by atoms with E-state index in [0.717, 1.165) is 24.1 Å². The number of pyridine rings is 1. The molecule has 7 nitrogen and oxygen atoms in total. The minimum atomic E-state index is -0.371. The zero-order chi connectivity index (χ0) is 18.4. The van der Waals surface area contributed by atoms with Crippen LogP contribution in [0.2, 0.25) is 0 Å². The van der Waals surface area contributed by atoms with Crippen LogP contribution in [0.1, 0.15) is 57.6 Å². The second kappa shape index (κ2) is 8.60. The molecule has 0 saturated heterocycles. The summed E-state index contributed by atoms with van der Waals surface area (Å²) < 4.78 is 7.27. The molecule has 0 fully saturated rings. The molecule has 1 N–H and O–H groups in total. The van der Waals surface area contributed by atoms with Crippen molar-refractivity contribution < 1.29 is 9.53 Å². The highest BCUT2D eigenvalue weighted by atomic mass is 16.5. The van der Waals surface area contributed by atoms with Crippen molar-refractivity contribution in [2.45, 2.75) is 52.0 Å². The Kier molecular flexibility index (Phi) is 5.99. The van der Waals surface area contributed by atoms with Gasteiger partial charge in [-0.3, -0.25) is 4.98 Å². The number of fused-ring (bicyclic) bond motifs is 1. The quantitative estimate of drug-likeness (QED) is 0.577. The van der Waals surface area contributed by atoms with Gasteiger partial charge in [0.1, 0.15) is 12.4 Å². The summed E-state index contributed by atoms with van der Waals surface area (Å²) in [6.07, 6.45) is 10.5. The Morgan fingerprint density at radius 3 is 2.77 bits per heavy atom. The van der Waals surface area contributed by atoms with Crippen LogP contribution in [0.5, 0.6) is 0 Å². The van der Waals surface area contributed by atoms with E-state index < -0.39 is 0 Å². The highest BCUT2D eigenvalue weighted by molar-refractivity contribution is 5.92. The number of unbranched alkanes of at least 4 members (excludes halogenated alkanes) is 4. The largest absolute Gasteiger partial charge is 0.462 e. The van der Waals surface area contributed by atoms with Gasteiger partial charge in [-0.05, 0) is 31.0 Å². The number of carbonyl (C=O) groups excluding carboxylic acids is 1. The SMILES string of the molecule is CCCCCCCOC(=O)C1=C(C)Nc2ncnn2[C@@H]1c1ccncc1. The minimum Gasteiger partial charge on any atom is -0.462 e. The molecule has 1 aliphatic heterocycles. The summed E-state index contributed by atoms with van der Waals surface area (Å²) in [5.74, 6) is 0.300. The van der Waals surface area contributed by atoms with E-state index >= 15 is 0 Å². The average molecular weight is 355 g/mol. The lowest BCUT2D eigenvalue weighted by atomic mass is 9.96. The van der Waals surface area contributed by atoms with Crippen molar-refractivity contribution in [2.75, 3.05) is 11.9 Å². The van der Waals surface area contributed by atoms with Crippen molar-refractivity contribution in [1.82, 2.24) is 19.7 Å². The summed E-state index contributed by atoms with van der Waals surface area (Å²) in [5, 5.41) is 7.43. The van der Waals surface area contributed by atoms with Gasteiger partial charge in [-0.15, -0.1) is 0 Å². The molecule has 0 saturated carbocycles. The van der Waals surface area contributed by atoms with Gasteiger partial charge >= 0.3 is 5.97 Å². The number of esters is 1. The molecule has 1 atom stereocenters. The highest BCUT2D eigenvalue weighted by Gasteiger charge is 2.34. The fourth-order valence-corrected chi connectivity index (χ4v) is 3.16. The van der Waals surface area contributed by atoms with Crippen molar-refractivity contribution in [2.24, 2.45) is 0 Å². The second-order valence-electron chi connectivity index (χ2n) is 6.43. The third-order valence-electron chi connectivity index (χ3n) is 4.52. The molecule has 0 aromatic carbocycles. The Labute approximate surface area is 153 Å². The molecule has 0 aliphatic carbocycles. The molecule has 2 aromatic rings. The molecule has 7 heteroatoms. The number of rotatable bonds is 8. The van der Waals surface area contributed by atoms with Crippen molar-refractivity contribution in [3.63, 3.8) is 0 Å². The third kappa shape index (κ3) is 3.92. The maximum absolute atomic E-state index is 12.8. The summed E-state index contributed by atoms with van der Waals surface area (Å²) in [6, 6.07) is 3.39. The molecule has 0 unspecified atom stereocenters. The van der Waals surface area contributed by atoms with Crippen molar-refractivity contribution >= 4 is 11.9 Å². The van der Waals surface area contributed by atoms with Crippen LogP contribution in [0.4, 0.5) is 5.95 Å².